The molecule has 2 aromatic carbocycles. The van der Waals surface area contributed by atoms with Crippen molar-refractivity contribution in [2.45, 2.75) is 13.5 Å². The van der Waals surface area contributed by atoms with E-state index < -0.39 is 5.91 Å². The maximum Gasteiger partial charge on any atom is 0.274 e. The van der Waals surface area contributed by atoms with Gasteiger partial charge in [0.25, 0.3) is 5.91 Å². The van der Waals surface area contributed by atoms with Gasteiger partial charge >= 0.3 is 0 Å². The Morgan fingerprint density at radius 1 is 1.19 bits per heavy atom. The van der Waals surface area contributed by atoms with Gasteiger partial charge in [-0.1, -0.05) is 40.9 Å². The molecule has 6 nitrogen and oxygen atoms in total. The van der Waals surface area contributed by atoms with Gasteiger partial charge < -0.3 is 9.47 Å². The lowest BCUT2D eigenvalue weighted by Crippen LogP contribution is -2.18. The number of aromatic nitrogens is 1. The quantitative estimate of drug-likeness (QED) is 0.140. The summed E-state index contributed by atoms with van der Waals surface area (Å²) < 4.78 is 12.6. The number of halogens is 4. The third-order valence-corrected chi connectivity index (χ3v) is 5.79. The Morgan fingerprint density at radius 2 is 2.00 bits per heavy atom. The summed E-state index contributed by atoms with van der Waals surface area (Å²) in [4.78, 5) is 16.1. The van der Waals surface area contributed by atoms with Crippen molar-refractivity contribution in [2.75, 3.05) is 6.61 Å². The van der Waals surface area contributed by atoms with Crippen LogP contribution >= 0.6 is 57.4 Å². The molecule has 0 radical (unpaired) electrons. The highest BCUT2D eigenvalue weighted by Crippen LogP contribution is 2.35. The molecule has 1 N–H and O–H groups in total. The first kappa shape index (κ1) is 24.6. The predicted octanol–water partition coefficient (Wildman–Crippen LogP) is 6.39. The van der Waals surface area contributed by atoms with Crippen LogP contribution in [0, 0.1) is 3.57 Å². The van der Waals surface area contributed by atoms with Crippen LogP contribution in [0.1, 0.15) is 28.4 Å². The lowest BCUT2D eigenvalue weighted by Gasteiger charge is -2.15. The fourth-order valence-electron chi connectivity index (χ4n) is 2.64. The molecule has 0 spiro atoms. The van der Waals surface area contributed by atoms with Crippen LogP contribution < -0.4 is 14.9 Å². The Bertz CT molecular complexity index is 1160. The van der Waals surface area contributed by atoms with Crippen LogP contribution in [0.2, 0.25) is 15.2 Å². The molecule has 0 atom stereocenters. The number of rotatable bonds is 8. The number of amides is 1. The Kier molecular flexibility index (Phi) is 8.98. The van der Waals surface area contributed by atoms with Gasteiger partial charge in [-0.15, -0.1) is 0 Å². The fourth-order valence-corrected chi connectivity index (χ4v) is 4.08. The summed E-state index contributed by atoms with van der Waals surface area (Å²) in [5, 5.41) is 5.20. The van der Waals surface area contributed by atoms with Crippen LogP contribution in [0.3, 0.4) is 0 Å². The molecule has 0 saturated heterocycles. The van der Waals surface area contributed by atoms with Gasteiger partial charge in [0.05, 0.1) is 22.0 Å². The summed E-state index contributed by atoms with van der Waals surface area (Å²) in [6, 6.07) is 12.1. The Hall–Kier alpha value is -2.07. The summed E-state index contributed by atoms with van der Waals surface area (Å²) in [7, 11) is 0. The number of hydrazone groups is 1. The summed E-state index contributed by atoms with van der Waals surface area (Å²) in [6.45, 7) is 2.58. The zero-order valence-electron chi connectivity index (χ0n) is 16.7. The van der Waals surface area contributed by atoms with E-state index in [1.165, 1.54) is 12.4 Å². The second-order valence-electron chi connectivity index (χ2n) is 6.33. The highest BCUT2D eigenvalue weighted by molar-refractivity contribution is 14.1. The van der Waals surface area contributed by atoms with Crippen molar-refractivity contribution >= 4 is 69.5 Å². The summed E-state index contributed by atoms with van der Waals surface area (Å²) in [5.41, 5.74) is 4.19. The van der Waals surface area contributed by atoms with Crippen molar-refractivity contribution in [1.29, 1.82) is 0 Å². The largest absolute Gasteiger partial charge is 0.490 e. The first-order valence-corrected chi connectivity index (χ1v) is 11.6. The molecule has 0 bridgehead atoms. The molecule has 0 aliphatic heterocycles. The smallest absolute Gasteiger partial charge is 0.274 e. The van der Waals surface area contributed by atoms with E-state index in [1.807, 2.05) is 19.1 Å². The number of ether oxygens (including phenoxy) is 2. The zero-order valence-corrected chi connectivity index (χ0v) is 21.2. The lowest BCUT2D eigenvalue weighted by atomic mass is 10.2. The van der Waals surface area contributed by atoms with Crippen LogP contribution in [0.5, 0.6) is 11.5 Å². The topological polar surface area (TPSA) is 72.8 Å². The van der Waals surface area contributed by atoms with Crippen molar-refractivity contribution < 1.29 is 14.3 Å². The van der Waals surface area contributed by atoms with Gasteiger partial charge in [0.2, 0.25) is 0 Å². The molecular weight excluding hydrogens is 588 g/mol. The molecule has 0 fully saturated rings. The number of nitrogens with one attached hydrogen (secondary N) is 1. The zero-order chi connectivity index (χ0) is 23.1. The number of benzene rings is 2. The number of carbonyl (C=O) groups is 1. The Morgan fingerprint density at radius 3 is 2.72 bits per heavy atom. The maximum absolute atomic E-state index is 12.2. The molecule has 1 heterocycles. The average molecular weight is 605 g/mol. The van der Waals surface area contributed by atoms with Crippen molar-refractivity contribution in [3.8, 4) is 11.5 Å². The first-order chi connectivity index (χ1) is 15.4. The van der Waals surface area contributed by atoms with E-state index in [4.69, 9.17) is 44.3 Å². The van der Waals surface area contributed by atoms with Crippen LogP contribution in [0.4, 0.5) is 0 Å². The molecule has 32 heavy (non-hydrogen) atoms. The highest BCUT2D eigenvalue weighted by atomic mass is 127. The van der Waals surface area contributed by atoms with Gasteiger partial charge in [0.15, 0.2) is 11.5 Å². The fraction of sp³-hybridized carbons (Fsp3) is 0.136. The summed E-state index contributed by atoms with van der Waals surface area (Å²) >= 11 is 20.3. The minimum atomic E-state index is -0.459. The lowest BCUT2D eigenvalue weighted by molar-refractivity contribution is 0.0955. The molecule has 10 heteroatoms. The highest BCUT2D eigenvalue weighted by Gasteiger charge is 2.14. The third kappa shape index (κ3) is 6.48. The molecule has 0 unspecified atom stereocenters. The van der Waals surface area contributed by atoms with E-state index >= 15 is 0 Å². The van der Waals surface area contributed by atoms with E-state index in [0.717, 1.165) is 9.13 Å². The molecule has 3 aromatic rings. The molecule has 3 rings (SSSR count). The van der Waals surface area contributed by atoms with Crippen molar-refractivity contribution in [2.24, 2.45) is 5.10 Å². The summed E-state index contributed by atoms with van der Waals surface area (Å²) in [6.07, 6.45) is 3.01. The molecular formula is C22H17Cl3IN3O3. The first-order valence-electron chi connectivity index (χ1n) is 9.36. The molecule has 0 aliphatic carbocycles. The molecule has 0 aliphatic rings. The number of pyridine rings is 1. The molecule has 1 amide bonds. The Balaban J connectivity index is 1.75. The second kappa shape index (κ2) is 11.7. The SMILES string of the molecule is CCOc1cc(C=NNC(=O)c2cccnc2Cl)cc(I)c1OCc1ccc(Cl)cc1Cl. The number of carbonyl (C=O) groups excluding carboxylic acids is 1. The monoisotopic (exact) mass is 603 g/mol. The molecule has 1 aromatic heterocycles. The predicted molar refractivity (Wildman–Crippen MR) is 135 cm³/mol. The van der Waals surface area contributed by atoms with E-state index in [9.17, 15) is 4.79 Å². The van der Waals surface area contributed by atoms with E-state index in [2.05, 4.69) is 38.1 Å². The summed E-state index contributed by atoms with van der Waals surface area (Å²) in [5.74, 6) is 0.674. The van der Waals surface area contributed by atoms with Crippen LogP contribution in [-0.4, -0.2) is 23.7 Å². The van der Waals surface area contributed by atoms with Gasteiger partial charge in [0.1, 0.15) is 11.8 Å². The van der Waals surface area contributed by atoms with E-state index in [1.54, 1.807) is 30.3 Å². The third-order valence-electron chi connectivity index (χ3n) is 4.10. The maximum atomic E-state index is 12.2. The molecule has 0 saturated carbocycles. The van der Waals surface area contributed by atoms with Crippen molar-refractivity contribution in [3.63, 3.8) is 0 Å². The van der Waals surface area contributed by atoms with Gasteiger partial charge in [-0.3, -0.25) is 4.79 Å². The van der Waals surface area contributed by atoms with Crippen LogP contribution in [0.15, 0.2) is 53.8 Å². The number of nitrogens with zero attached hydrogens (tertiary/aromatic N) is 2. The van der Waals surface area contributed by atoms with E-state index in [0.29, 0.717) is 33.7 Å². The van der Waals surface area contributed by atoms with Gasteiger partial charge in [0, 0.05) is 21.8 Å². The van der Waals surface area contributed by atoms with Gasteiger partial charge in [-0.05, 0) is 71.5 Å². The van der Waals surface area contributed by atoms with Crippen molar-refractivity contribution in [3.05, 3.63) is 84.1 Å². The Labute approximate surface area is 214 Å². The number of hydrogen-bond acceptors (Lipinski definition) is 5. The molecule has 166 valence electrons. The normalized spacial score (nSPS) is 10.9. The number of hydrogen-bond donors (Lipinski definition) is 1. The van der Waals surface area contributed by atoms with Gasteiger partial charge in [-0.25, -0.2) is 10.4 Å². The minimum absolute atomic E-state index is 0.107. The standard InChI is InChI=1S/C22H17Cl3IN3O3/c1-2-31-19-9-13(11-28-29-22(30)16-4-3-7-27-21(16)25)8-18(26)20(19)32-12-14-5-6-15(23)10-17(14)24/h3-11H,2,12H2,1H3,(H,29,30). The average Bonchev–Trinajstić information content (AvgIpc) is 2.75. The van der Waals surface area contributed by atoms with Crippen molar-refractivity contribution in [1.82, 2.24) is 10.4 Å². The van der Waals surface area contributed by atoms with Gasteiger partial charge in [-0.2, -0.15) is 5.10 Å². The van der Waals surface area contributed by atoms with Crippen LogP contribution in [0.25, 0.3) is 0 Å². The minimum Gasteiger partial charge on any atom is -0.490 e. The second-order valence-corrected chi connectivity index (χ2v) is 8.69. The van der Waals surface area contributed by atoms with Crippen LogP contribution in [-0.2, 0) is 6.61 Å². The van der Waals surface area contributed by atoms with E-state index in [-0.39, 0.29) is 17.3 Å².